The third kappa shape index (κ3) is 9.37. The first-order chi connectivity index (χ1) is 10.5. The van der Waals surface area contributed by atoms with E-state index in [9.17, 15) is 9.79 Å². The maximum atomic E-state index is 11.6. The molecular formula is C18H29CaO2PS2. The molecule has 0 saturated carbocycles. The Morgan fingerprint density at radius 3 is 1.75 bits per heavy atom. The maximum absolute atomic E-state index is 11.6. The van der Waals surface area contributed by atoms with Gasteiger partial charge in [0.05, 0.1) is 0 Å². The fourth-order valence-electron chi connectivity index (χ4n) is 2.85. The largest absolute Gasteiger partial charge is 2.00 e. The Kier molecular flexibility index (Phi) is 11.9. The quantitative estimate of drug-likeness (QED) is 0.479. The zero-order chi connectivity index (χ0) is 17.8. The molecular weight excluding hydrogens is 383 g/mol. The summed E-state index contributed by atoms with van der Waals surface area (Å²) >= 11 is 5.49. The van der Waals surface area contributed by atoms with Crippen LogP contribution < -0.4 is 9.79 Å². The molecule has 132 valence electrons. The van der Waals surface area contributed by atoms with Crippen LogP contribution in [-0.4, -0.2) is 37.7 Å². The number of benzene rings is 1. The zero-order valence-corrected chi connectivity index (χ0v) is 20.5. The van der Waals surface area contributed by atoms with E-state index in [0.29, 0.717) is 17.8 Å². The Bertz CT molecular complexity index is 568. The third-order valence-electron chi connectivity index (χ3n) is 3.55. The van der Waals surface area contributed by atoms with Crippen molar-refractivity contribution in [3.63, 3.8) is 0 Å². The van der Waals surface area contributed by atoms with Gasteiger partial charge in [0.2, 0.25) is 0 Å². The maximum Gasteiger partial charge on any atom is 2.00 e. The second-order valence-corrected chi connectivity index (χ2v) is 13.2. The van der Waals surface area contributed by atoms with Gasteiger partial charge in [-0.25, -0.2) is 0 Å². The molecule has 0 aliphatic carbocycles. The van der Waals surface area contributed by atoms with Crippen LogP contribution in [0.4, 0.5) is 0 Å². The van der Waals surface area contributed by atoms with Crippen LogP contribution in [0.1, 0.15) is 58.2 Å². The van der Waals surface area contributed by atoms with Crippen LogP contribution in [0.2, 0.25) is 0 Å². The van der Waals surface area contributed by atoms with Crippen LogP contribution in [0.5, 0.6) is 0 Å². The Morgan fingerprint density at radius 1 is 0.875 bits per heavy atom. The van der Waals surface area contributed by atoms with Crippen LogP contribution in [-0.2, 0) is 31.1 Å². The van der Waals surface area contributed by atoms with E-state index in [2.05, 4.69) is 59.4 Å². The molecule has 0 saturated heterocycles. The molecule has 1 aromatic rings. The van der Waals surface area contributed by atoms with Crippen molar-refractivity contribution in [3.05, 3.63) is 28.8 Å². The Labute approximate surface area is 187 Å². The molecule has 24 heavy (non-hydrogen) atoms. The molecule has 6 heteroatoms. The smallest absolute Gasteiger partial charge is 0.824 e. The number of hydrogen-bond donors (Lipinski definition) is 0. The number of rotatable bonds is 8. The van der Waals surface area contributed by atoms with Gasteiger partial charge < -0.3 is 9.79 Å². The van der Waals surface area contributed by atoms with Crippen molar-refractivity contribution < 1.29 is 9.79 Å². The van der Waals surface area contributed by atoms with Gasteiger partial charge in [0.25, 0.3) is 0 Å². The van der Waals surface area contributed by atoms with E-state index in [1.165, 1.54) is 16.7 Å². The van der Waals surface area contributed by atoms with Gasteiger partial charge in [-0.1, -0.05) is 47.6 Å². The second-order valence-electron chi connectivity index (χ2n) is 7.51. The van der Waals surface area contributed by atoms with Crippen LogP contribution in [0.25, 0.3) is 0 Å². The van der Waals surface area contributed by atoms with E-state index in [1.54, 1.807) is 0 Å². The normalized spacial score (nSPS) is 12.1. The summed E-state index contributed by atoms with van der Waals surface area (Å²) in [4.78, 5) is 24.1. The molecule has 1 rings (SSSR count). The number of hydrogen-bond acceptors (Lipinski definition) is 4. The minimum Gasteiger partial charge on any atom is -0.824 e. The van der Waals surface area contributed by atoms with E-state index >= 15 is 0 Å². The van der Waals surface area contributed by atoms with Gasteiger partial charge in [-0.05, 0) is 59.8 Å². The summed E-state index contributed by atoms with van der Waals surface area (Å²) in [6.45, 7) is 13.2. The Morgan fingerprint density at radius 2 is 1.33 bits per heavy atom. The van der Waals surface area contributed by atoms with Crippen molar-refractivity contribution in [2.75, 3.05) is 0 Å². The summed E-state index contributed by atoms with van der Waals surface area (Å²) in [6.07, 6.45) is 2.91. The van der Waals surface area contributed by atoms with E-state index in [0.717, 1.165) is 35.5 Å². The second kappa shape index (κ2) is 11.3. The average Bonchev–Trinajstić information content (AvgIpc) is 2.33. The van der Waals surface area contributed by atoms with Gasteiger partial charge in [-0.3, -0.25) is 0 Å². The summed E-state index contributed by atoms with van der Waals surface area (Å²) in [7, 11) is 0. The van der Waals surface area contributed by atoms with Crippen molar-refractivity contribution in [3.8, 4) is 0 Å². The van der Waals surface area contributed by atoms with Crippen molar-refractivity contribution in [1.82, 2.24) is 0 Å². The summed E-state index contributed by atoms with van der Waals surface area (Å²) in [5, 5.41) is 0. The molecule has 0 aromatic heterocycles. The Hall–Kier alpha value is 1.40. The van der Waals surface area contributed by atoms with Gasteiger partial charge in [-0.15, -0.1) is 23.2 Å². The zero-order valence-electron chi connectivity index (χ0n) is 15.8. The average molecular weight is 413 g/mol. The van der Waals surface area contributed by atoms with Gasteiger partial charge in [0.1, 0.15) is 0 Å². The molecule has 0 unspecified atom stereocenters. The molecule has 0 radical (unpaired) electrons. The standard InChI is InChI=1S/C18H31O2PS2.Ca/c1-12(2)9-15-7-8-18(23-21(19,20)22)17(11-14(5)6)16(15)10-13(3)4;/h7-8,12-14H,9-11H2,1-6H3,(H2,19,20,22);/q;+2/p-2. The summed E-state index contributed by atoms with van der Waals surface area (Å²) in [5.74, 6) is 1.59. The van der Waals surface area contributed by atoms with Gasteiger partial charge in [-0.2, -0.15) is 5.69 Å². The first-order valence-electron chi connectivity index (χ1n) is 8.34. The minimum atomic E-state index is -3.80. The summed E-state index contributed by atoms with van der Waals surface area (Å²) < 4.78 is 0. The van der Waals surface area contributed by atoms with Crippen LogP contribution >= 0.6 is 17.1 Å². The van der Waals surface area contributed by atoms with Crippen LogP contribution in [0.15, 0.2) is 17.0 Å². The van der Waals surface area contributed by atoms with E-state index in [1.807, 2.05) is 6.07 Å². The molecule has 0 atom stereocenters. The molecule has 0 amide bonds. The summed E-state index contributed by atoms with van der Waals surface area (Å²) in [6, 6.07) is 4.07. The molecule has 1 aromatic carbocycles. The van der Waals surface area contributed by atoms with Crippen LogP contribution in [0.3, 0.4) is 0 Å². The SMILES string of the molecule is CC(C)Cc1ccc(SP([O-])([O-])=S)c(CC(C)C)c1CC(C)C.[Ca+2]. The first kappa shape index (κ1) is 25.4. The minimum absolute atomic E-state index is 0. The van der Waals surface area contributed by atoms with E-state index < -0.39 is 5.69 Å². The van der Waals surface area contributed by atoms with E-state index in [4.69, 9.17) is 0 Å². The van der Waals surface area contributed by atoms with Crippen molar-refractivity contribution in [2.45, 2.75) is 65.7 Å². The molecule has 0 bridgehead atoms. The molecule has 2 nitrogen and oxygen atoms in total. The third-order valence-corrected chi connectivity index (χ3v) is 6.28. The van der Waals surface area contributed by atoms with Crippen molar-refractivity contribution in [2.24, 2.45) is 17.8 Å². The van der Waals surface area contributed by atoms with Gasteiger partial charge >= 0.3 is 37.7 Å². The predicted molar refractivity (Wildman–Crippen MR) is 108 cm³/mol. The molecule has 0 aliphatic rings. The van der Waals surface area contributed by atoms with Crippen molar-refractivity contribution >= 4 is 66.6 Å². The van der Waals surface area contributed by atoms with Crippen LogP contribution in [0, 0.1) is 17.8 Å². The topological polar surface area (TPSA) is 46.1 Å². The van der Waals surface area contributed by atoms with E-state index in [-0.39, 0.29) is 37.7 Å². The summed E-state index contributed by atoms with van der Waals surface area (Å²) in [5.41, 5.74) is 0.0911. The van der Waals surface area contributed by atoms with Gasteiger partial charge in [0.15, 0.2) is 0 Å². The molecule has 0 N–H and O–H groups in total. The predicted octanol–water partition coefficient (Wildman–Crippen LogP) is 3.94. The first-order valence-corrected chi connectivity index (χ1v) is 12.4. The Balaban J connectivity index is 0.00000529. The molecule has 0 fully saturated rings. The molecule has 0 spiro atoms. The fourth-order valence-corrected chi connectivity index (χ4v) is 5.50. The molecule has 0 aliphatic heterocycles. The van der Waals surface area contributed by atoms with Crippen molar-refractivity contribution in [1.29, 1.82) is 0 Å². The van der Waals surface area contributed by atoms with Gasteiger partial charge in [0, 0.05) is 4.90 Å². The fraction of sp³-hybridized carbons (Fsp3) is 0.667. The molecule has 0 heterocycles. The monoisotopic (exact) mass is 412 g/mol.